The zero-order valence-corrected chi connectivity index (χ0v) is 11.8. The SMILES string of the molecule is CCn1c(CNC(C)c2ccco2)nc2ccccc21. The predicted molar refractivity (Wildman–Crippen MR) is 79.4 cm³/mol. The Labute approximate surface area is 118 Å². The monoisotopic (exact) mass is 269 g/mol. The lowest BCUT2D eigenvalue weighted by Gasteiger charge is -2.12. The molecule has 2 heterocycles. The van der Waals surface area contributed by atoms with Crippen LogP contribution in [-0.4, -0.2) is 9.55 Å². The Kier molecular flexibility index (Phi) is 3.56. The van der Waals surface area contributed by atoms with Gasteiger partial charge in [0.15, 0.2) is 0 Å². The average Bonchev–Trinajstić information content (AvgIpc) is 3.11. The predicted octanol–water partition coefficient (Wildman–Crippen LogP) is 3.50. The van der Waals surface area contributed by atoms with Gasteiger partial charge in [0.25, 0.3) is 0 Å². The van der Waals surface area contributed by atoms with Crippen molar-refractivity contribution in [2.45, 2.75) is 33.0 Å². The van der Waals surface area contributed by atoms with Crippen LogP contribution in [0.4, 0.5) is 0 Å². The average molecular weight is 269 g/mol. The molecule has 0 aliphatic carbocycles. The van der Waals surface area contributed by atoms with E-state index in [-0.39, 0.29) is 6.04 Å². The summed E-state index contributed by atoms with van der Waals surface area (Å²) in [5, 5.41) is 3.46. The van der Waals surface area contributed by atoms with E-state index >= 15 is 0 Å². The van der Waals surface area contributed by atoms with Crippen LogP contribution in [0.25, 0.3) is 11.0 Å². The second kappa shape index (κ2) is 5.51. The molecule has 104 valence electrons. The fraction of sp³-hybridized carbons (Fsp3) is 0.312. The minimum atomic E-state index is 0.176. The van der Waals surface area contributed by atoms with Gasteiger partial charge in [-0.1, -0.05) is 12.1 Å². The summed E-state index contributed by atoms with van der Waals surface area (Å²) in [4.78, 5) is 4.71. The van der Waals surface area contributed by atoms with Crippen molar-refractivity contribution in [3.05, 3.63) is 54.2 Å². The number of aromatic nitrogens is 2. The summed E-state index contributed by atoms with van der Waals surface area (Å²) in [7, 11) is 0. The zero-order chi connectivity index (χ0) is 13.9. The van der Waals surface area contributed by atoms with Crippen LogP contribution in [0.3, 0.4) is 0 Å². The van der Waals surface area contributed by atoms with Gasteiger partial charge in [-0.05, 0) is 38.1 Å². The maximum atomic E-state index is 5.41. The molecule has 3 aromatic rings. The van der Waals surface area contributed by atoms with Crippen molar-refractivity contribution in [2.75, 3.05) is 0 Å². The van der Waals surface area contributed by atoms with Crippen molar-refractivity contribution in [1.82, 2.24) is 14.9 Å². The number of nitrogens with zero attached hydrogens (tertiary/aromatic N) is 2. The van der Waals surface area contributed by atoms with Crippen LogP contribution in [0, 0.1) is 0 Å². The molecule has 0 aliphatic rings. The van der Waals surface area contributed by atoms with Crippen molar-refractivity contribution in [3.8, 4) is 0 Å². The molecule has 0 spiro atoms. The molecule has 0 saturated carbocycles. The van der Waals surface area contributed by atoms with Gasteiger partial charge in [0, 0.05) is 6.54 Å². The lowest BCUT2D eigenvalue weighted by atomic mass is 10.2. The van der Waals surface area contributed by atoms with E-state index in [2.05, 4.69) is 41.9 Å². The highest BCUT2D eigenvalue weighted by Crippen LogP contribution is 2.17. The number of hydrogen-bond acceptors (Lipinski definition) is 3. The number of benzene rings is 1. The molecule has 0 saturated heterocycles. The lowest BCUT2D eigenvalue weighted by Crippen LogP contribution is -2.20. The quantitative estimate of drug-likeness (QED) is 0.771. The molecule has 20 heavy (non-hydrogen) atoms. The minimum Gasteiger partial charge on any atom is -0.468 e. The van der Waals surface area contributed by atoms with Crippen molar-refractivity contribution in [2.24, 2.45) is 0 Å². The summed E-state index contributed by atoms with van der Waals surface area (Å²) >= 11 is 0. The lowest BCUT2D eigenvalue weighted by molar-refractivity contribution is 0.424. The van der Waals surface area contributed by atoms with Crippen LogP contribution in [0.1, 0.15) is 31.5 Å². The molecular weight excluding hydrogens is 250 g/mol. The molecular formula is C16H19N3O. The third kappa shape index (κ3) is 2.34. The summed E-state index contributed by atoms with van der Waals surface area (Å²) in [6, 6.07) is 12.3. The Bertz CT molecular complexity index is 685. The Balaban J connectivity index is 1.80. The first-order valence-corrected chi connectivity index (χ1v) is 7.00. The number of rotatable bonds is 5. The molecule has 1 aromatic carbocycles. The van der Waals surface area contributed by atoms with Crippen LogP contribution < -0.4 is 5.32 Å². The van der Waals surface area contributed by atoms with Gasteiger partial charge in [-0.3, -0.25) is 0 Å². The molecule has 4 heteroatoms. The second-order valence-electron chi connectivity index (χ2n) is 4.88. The Hall–Kier alpha value is -2.07. The van der Waals surface area contributed by atoms with Crippen LogP contribution >= 0.6 is 0 Å². The first-order valence-electron chi connectivity index (χ1n) is 7.00. The standard InChI is InChI=1S/C16H19N3O/c1-3-19-14-8-5-4-7-13(14)18-16(19)11-17-12(2)15-9-6-10-20-15/h4-10,12,17H,3,11H2,1-2H3. The van der Waals surface area contributed by atoms with Gasteiger partial charge >= 0.3 is 0 Å². The fourth-order valence-corrected chi connectivity index (χ4v) is 2.50. The number of fused-ring (bicyclic) bond motifs is 1. The maximum absolute atomic E-state index is 5.41. The summed E-state index contributed by atoms with van der Waals surface area (Å²) in [6.45, 7) is 5.89. The van der Waals surface area contributed by atoms with Crippen molar-refractivity contribution in [1.29, 1.82) is 0 Å². The van der Waals surface area contributed by atoms with Crippen LogP contribution in [-0.2, 0) is 13.1 Å². The first kappa shape index (κ1) is 12.9. The van der Waals surface area contributed by atoms with E-state index in [9.17, 15) is 0 Å². The number of para-hydroxylation sites is 2. The van der Waals surface area contributed by atoms with E-state index in [1.807, 2.05) is 18.2 Å². The van der Waals surface area contributed by atoms with E-state index in [0.29, 0.717) is 0 Å². The molecule has 2 aromatic heterocycles. The number of nitrogens with one attached hydrogen (secondary N) is 1. The normalized spacial score (nSPS) is 12.9. The molecule has 1 atom stereocenters. The van der Waals surface area contributed by atoms with Gasteiger partial charge in [0.1, 0.15) is 11.6 Å². The van der Waals surface area contributed by atoms with E-state index in [1.54, 1.807) is 6.26 Å². The highest BCUT2D eigenvalue weighted by atomic mass is 16.3. The van der Waals surface area contributed by atoms with Crippen LogP contribution in [0.5, 0.6) is 0 Å². The van der Waals surface area contributed by atoms with Crippen LogP contribution in [0.2, 0.25) is 0 Å². The van der Waals surface area contributed by atoms with Gasteiger partial charge in [0.2, 0.25) is 0 Å². The zero-order valence-electron chi connectivity index (χ0n) is 11.8. The number of imidazole rings is 1. The minimum absolute atomic E-state index is 0.176. The number of aryl methyl sites for hydroxylation is 1. The topological polar surface area (TPSA) is 43.0 Å². The Morgan fingerprint density at radius 1 is 1.25 bits per heavy atom. The van der Waals surface area contributed by atoms with Gasteiger partial charge in [-0.25, -0.2) is 4.98 Å². The summed E-state index contributed by atoms with van der Waals surface area (Å²) in [5.41, 5.74) is 2.24. The van der Waals surface area contributed by atoms with E-state index in [4.69, 9.17) is 9.40 Å². The molecule has 4 nitrogen and oxygen atoms in total. The van der Waals surface area contributed by atoms with Crippen LogP contribution in [0.15, 0.2) is 47.1 Å². The summed E-state index contributed by atoms with van der Waals surface area (Å²) < 4.78 is 7.66. The van der Waals surface area contributed by atoms with E-state index < -0.39 is 0 Å². The molecule has 0 amide bonds. The first-order chi connectivity index (χ1) is 9.79. The summed E-state index contributed by atoms with van der Waals surface area (Å²) in [6.07, 6.45) is 1.70. The maximum Gasteiger partial charge on any atom is 0.123 e. The summed E-state index contributed by atoms with van der Waals surface area (Å²) in [5.74, 6) is 2.01. The molecule has 0 bridgehead atoms. The second-order valence-corrected chi connectivity index (χ2v) is 4.88. The highest BCUT2D eigenvalue weighted by molar-refractivity contribution is 5.75. The Morgan fingerprint density at radius 2 is 2.10 bits per heavy atom. The number of furan rings is 1. The van der Waals surface area contributed by atoms with E-state index in [0.717, 1.165) is 30.2 Å². The van der Waals surface area contributed by atoms with Gasteiger partial charge < -0.3 is 14.3 Å². The van der Waals surface area contributed by atoms with Crippen molar-refractivity contribution in [3.63, 3.8) is 0 Å². The molecule has 0 fully saturated rings. The van der Waals surface area contributed by atoms with Crippen molar-refractivity contribution < 1.29 is 4.42 Å². The molecule has 0 radical (unpaired) electrons. The van der Waals surface area contributed by atoms with Crippen molar-refractivity contribution >= 4 is 11.0 Å². The molecule has 3 rings (SSSR count). The third-order valence-electron chi connectivity index (χ3n) is 3.59. The van der Waals surface area contributed by atoms with Gasteiger partial charge in [-0.15, -0.1) is 0 Å². The largest absolute Gasteiger partial charge is 0.468 e. The molecule has 1 N–H and O–H groups in total. The van der Waals surface area contributed by atoms with Gasteiger partial charge in [-0.2, -0.15) is 0 Å². The molecule has 0 aliphatic heterocycles. The Morgan fingerprint density at radius 3 is 2.85 bits per heavy atom. The number of hydrogen-bond donors (Lipinski definition) is 1. The fourth-order valence-electron chi connectivity index (χ4n) is 2.50. The van der Waals surface area contributed by atoms with Gasteiger partial charge in [0.05, 0.1) is 29.9 Å². The molecule has 1 unspecified atom stereocenters. The highest BCUT2D eigenvalue weighted by Gasteiger charge is 2.12. The smallest absolute Gasteiger partial charge is 0.123 e. The van der Waals surface area contributed by atoms with E-state index in [1.165, 1.54) is 5.52 Å². The third-order valence-corrected chi connectivity index (χ3v) is 3.59.